The highest BCUT2D eigenvalue weighted by Gasteiger charge is 2.09. The molecule has 0 aliphatic heterocycles. The van der Waals surface area contributed by atoms with Gasteiger partial charge in [-0.1, -0.05) is 0 Å². The Balaban J connectivity index is 2.59. The number of carbonyl (C=O) groups is 1. The largest absolute Gasteiger partial charge is 0.508 e. The van der Waals surface area contributed by atoms with E-state index in [0.717, 1.165) is 6.07 Å². The van der Waals surface area contributed by atoms with Crippen molar-refractivity contribution in [3.8, 4) is 16.9 Å². The summed E-state index contributed by atoms with van der Waals surface area (Å²) in [6, 6.07) is 7.69. The Bertz CT molecular complexity index is 605. The summed E-state index contributed by atoms with van der Waals surface area (Å²) in [4.78, 5) is 10.9. The molecule has 0 bridgehead atoms. The number of hydrogen-bond donors (Lipinski definition) is 3. The van der Waals surface area contributed by atoms with Crippen molar-refractivity contribution in [1.29, 1.82) is 0 Å². The summed E-state index contributed by atoms with van der Waals surface area (Å²) < 4.78 is 13.2. The van der Waals surface area contributed by atoms with Crippen LogP contribution >= 0.6 is 0 Å². The van der Waals surface area contributed by atoms with Gasteiger partial charge >= 0.3 is 5.97 Å². The number of halogens is 1. The lowest BCUT2D eigenvalue weighted by Crippen LogP contribution is -1.98. The van der Waals surface area contributed by atoms with E-state index < -0.39 is 11.8 Å². The third-order valence-electron chi connectivity index (χ3n) is 2.42. The van der Waals surface area contributed by atoms with Gasteiger partial charge in [0.1, 0.15) is 11.6 Å². The normalized spacial score (nSPS) is 10.3. The van der Waals surface area contributed by atoms with Crippen LogP contribution in [0, 0.1) is 5.82 Å². The number of phenols is 1. The van der Waals surface area contributed by atoms with Crippen LogP contribution in [0.5, 0.6) is 5.75 Å². The summed E-state index contributed by atoms with van der Waals surface area (Å²) in [6.07, 6.45) is 0. The van der Waals surface area contributed by atoms with Gasteiger partial charge in [-0.25, -0.2) is 9.18 Å². The fourth-order valence-electron chi connectivity index (χ4n) is 1.68. The van der Waals surface area contributed by atoms with Crippen molar-refractivity contribution in [3.63, 3.8) is 0 Å². The summed E-state index contributed by atoms with van der Waals surface area (Å²) >= 11 is 0. The van der Waals surface area contributed by atoms with Crippen molar-refractivity contribution >= 4 is 11.7 Å². The lowest BCUT2D eigenvalue weighted by molar-refractivity contribution is 0.0697. The molecule has 0 aromatic heterocycles. The highest BCUT2D eigenvalue weighted by molar-refractivity contribution is 5.91. The summed E-state index contributed by atoms with van der Waals surface area (Å²) in [7, 11) is 0. The van der Waals surface area contributed by atoms with E-state index in [4.69, 9.17) is 10.8 Å². The van der Waals surface area contributed by atoms with Crippen LogP contribution in [0.1, 0.15) is 10.4 Å². The van der Waals surface area contributed by atoms with Gasteiger partial charge in [0, 0.05) is 11.8 Å². The second-order valence-electron chi connectivity index (χ2n) is 3.85. The third-order valence-corrected chi connectivity index (χ3v) is 2.42. The summed E-state index contributed by atoms with van der Waals surface area (Å²) in [5, 5.41) is 18.2. The number of carboxylic acids is 1. The third kappa shape index (κ3) is 2.40. The van der Waals surface area contributed by atoms with E-state index in [1.54, 1.807) is 0 Å². The Morgan fingerprint density at radius 2 is 1.72 bits per heavy atom. The van der Waals surface area contributed by atoms with Crippen LogP contribution in [0.2, 0.25) is 0 Å². The van der Waals surface area contributed by atoms with E-state index in [2.05, 4.69) is 0 Å². The van der Waals surface area contributed by atoms with Gasteiger partial charge in [0.15, 0.2) is 0 Å². The number of hydrogen-bond acceptors (Lipinski definition) is 3. The number of aromatic carboxylic acids is 1. The predicted molar refractivity (Wildman–Crippen MR) is 64.9 cm³/mol. The highest BCUT2D eigenvalue weighted by Crippen LogP contribution is 2.27. The van der Waals surface area contributed by atoms with E-state index in [0.29, 0.717) is 11.1 Å². The zero-order valence-corrected chi connectivity index (χ0v) is 9.22. The predicted octanol–water partition coefficient (Wildman–Crippen LogP) is 2.48. The molecule has 2 rings (SSSR count). The molecule has 0 atom stereocenters. The SMILES string of the molecule is Nc1cc(C(=O)O)cc(-c2cc(O)cc(F)c2)c1. The Kier molecular flexibility index (Phi) is 2.89. The van der Waals surface area contributed by atoms with Gasteiger partial charge in [0.2, 0.25) is 0 Å². The molecule has 0 saturated carbocycles. The van der Waals surface area contributed by atoms with Crippen LogP contribution in [0.25, 0.3) is 11.1 Å². The van der Waals surface area contributed by atoms with Gasteiger partial charge in [0.25, 0.3) is 0 Å². The maximum Gasteiger partial charge on any atom is 0.335 e. The van der Waals surface area contributed by atoms with Crippen molar-refractivity contribution in [2.75, 3.05) is 5.73 Å². The molecule has 0 unspecified atom stereocenters. The van der Waals surface area contributed by atoms with E-state index in [1.807, 2.05) is 0 Å². The lowest BCUT2D eigenvalue weighted by Gasteiger charge is -2.06. The van der Waals surface area contributed by atoms with Gasteiger partial charge in [-0.05, 0) is 41.5 Å². The molecule has 0 spiro atoms. The molecule has 0 aliphatic carbocycles. The molecule has 0 aliphatic rings. The van der Waals surface area contributed by atoms with Crippen LogP contribution in [0.15, 0.2) is 36.4 Å². The molecule has 18 heavy (non-hydrogen) atoms. The van der Waals surface area contributed by atoms with Gasteiger partial charge < -0.3 is 15.9 Å². The Labute approximate surface area is 102 Å². The number of rotatable bonds is 2. The molecule has 0 amide bonds. The zero-order chi connectivity index (χ0) is 13.3. The standard InChI is InChI=1S/C13H10FNO3/c14-10-2-8(5-12(16)6-10)7-1-9(13(17)18)4-11(15)3-7/h1-6,16H,15H2,(H,17,18). The number of anilines is 1. The first-order chi connectivity index (χ1) is 8.45. The van der Waals surface area contributed by atoms with Crippen LogP contribution in [0.3, 0.4) is 0 Å². The minimum absolute atomic E-state index is 0.00810. The summed E-state index contributed by atoms with van der Waals surface area (Å²) in [6.45, 7) is 0. The van der Waals surface area contributed by atoms with Gasteiger partial charge in [-0.15, -0.1) is 0 Å². The molecule has 0 fully saturated rings. The molecule has 0 saturated heterocycles. The molecule has 2 aromatic rings. The number of benzene rings is 2. The van der Waals surface area contributed by atoms with Gasteiger partial charge in [-0.2, -0.15) is 0 Å². The average Bonchev–Trinajstić information content (AvgIpc) is 2.26. The van der Waals surface area contributed by atoms with Crippen molar-refractivity contribution in [3.05, 3.63) is 47.8 Å². The first-order valence-corrected chi connectivity index (χ1v) is 5.09. The summed E-state index contributed by atoms with van der Waals surface area (Å²) in [5.41, 5.74) is 6.65. The molecular weight excluding hydrogens is 237 g/mol. The second-order valence-corrected chi connectivity index (χ2v) is 3.85. The molecule has 4 N–H and O–H groups in total. The second kappa shape index (κ2) is 4.37. The monoisotopic (exact) mass is 247 g/mol. The number of carboxylic acid groups (broad SMARTS) is 1. The van der Waals surface area contributed by atoms with Crippen LogP contribution in [0.4, 0.5) is 10.1 Å². The average molecular weight is 247 g/mol. The van der Waals surface area contributed by atoms with Crippen molar-refractivity contribution in [2.45, 2.75) is 0 Å². The number of phenolic OH excluding ortho intramolecular Hbond substituents is 1. The first kappa shape index (κ1) is 11.9. The molecular formula is C13H10FNO3. The maximum absolute atomic E-state index is 13.2. The van der Waals surface area contributed by atoms with Crippen molar-refractivity contribution in [1.82, 2.24) is 0 Å². The van der Waals surface area contributed by atoms with Crippen LogP contribution < -0.4 is 5.73 Å². The molecule has 0 heterocycles. The maximum atomic E-state index is 13.2. The van der Waals surface area contributed by atoms with Crippen molar-refractivity contribution in [2.24, 2.45) is 0 Å². The van der Waals surface area contributed by atoms with E-state index in [9.17, 15) is 14.3 Å². The van der Waals surface area contributed by atoms with Crippen LogP contribution in [-0.2, 0) is 0 Å². The van der Waals surface area contributed by atoms with Crippen molar-refractivity contribution < 1.29 is 19.4 Å². The van der Waals surface area contributed by atoms with Gasteiger partial charge in [-0.3, -0.25) is 0 Å². The Morgan fingerprint density at radius 3 is 2.33 bits per heavy atom. The smallest absolute Gasteiger partial charge is 0.335 e. The molecule has 0 radical (unpaired) electrons. The van der Waals surface area contributed by atoms with Crippen LogP contribution in [-0.4, -0.2) is 16.2 Å². The Hall–Kier alpha value is -2.56. The minimum Gasteiger partial charge on any atom is -0.508 e. The molecule has 4 nitrogen and oxygen atoms in total. The van der Waals surface area contributed by atoms with E-state index in [1.165, 1.54) is 30.3 Å². The first-order valence-electron chi connectivity index (χ1n) is 5.09. The minimum atomic E-state index is -1.12. The van der Waals surface area contributed by atoms with Gasteiger partial charge in [0.05, 0.1) is 5.56 Å². The van der Waals surface area contributed by atoms with E-state index >= 15 is 0 Å². The fourth-order valence-corrected chi connectivity index (χ4v) is 1.68. The highest BCUT2D eigenvalue weighted by atomic mass is 19.1. The fraction of sp³-hybridized carbons (Fsp3) is 0. The van der Waals surface area contributed by atoms with E-state index in [-0.39, 0.29) is 17.0 Å². The summed E-state index contributed by atoms with van der Waals surface area (Å²) in [5.74, 6) is -1.96. The molecule has 92 valence electrons. The molecule has 2 aromatic carbocycles. The Morgan fingerprint density at radius 1 is 1.06 bits per heavy atom. The quantitative estimate of drug-likeness (QED) is 0.712. The zero-order valence-electron chi connectivity index (χ0n) is 9.22. The topological polar surface area (TPSA) is 83.6 Å². The molecule has 5 heteroatoms. The number of aromatic hydroxyl groups is 1. The number of nitrogens with two attached hydrogens (primary N) is 1. The lowest BCUT2D eigenvalue weighted by atomic mass is 10.0. The number of nitrogen functional groups attached to an aromatic ring is 1.